The van der Waals surface area contributed by atoms with Crippen molar-refractivity contribution in [3.63, 3.8) is 0 Å². The fourth-order valence-corrected chi connectivity index (χ4v) is 4.51. The normalized spacial score (nSPS) is 18.1. The SMILES string of the molecule is N#CC1(CS(=O)(=O)NCC(F)(F)c2ccc(F)cc2)CCCCC1. The highest BCUT2D eigenvalue weighted by molar-refractivity contribution is 7.89. The molecule has 0 bridgehead atoms. The average molecular weight is 360 g/mol. The van der Waals surface area contributed by atoms with Crippen LogP contribution in [0.4, 0.5) is 13.2 Å². The minimum atomic E-state index is -4.03. The number of hydrogen-bond acceptors (Lipinski definition) is 3. The van der Waals surface area contributed by atoms with Crippen LogP contribution in [0.15, 0.2) is 24.3 Å². The second-order valence-corrected chi connectivity index (χ2v) is 8.05. The molecular weight excluding hydrogens is 341 g/mol. The monoisotopic (exact) mass is 360 g/mol. The highest BCUT2D eigenvalue weighted by Gasteiger charge is 2.39. The summed E-state index contributed by atoms with van der Waals surface area (Å²) >= 11 is 0. The lowest BCUT2D eigenvalue weighted by atomic mass is 9.77. The molecule has 1 fully saturated rings. The van der Waals surface area contributed by atoms with E-state index < -0.39 is 45.0 Å². The van der Waals surface area contributed by atoms with E-state index in [-0.39, 0.29) is 0 Å². The Kier molecular flexibility index (Phi) is 5.56. The van der Waals surface area contributed by atoms with E-state index in [2.05, 4.69) is 6.07 Å². The van der Waals surface area contributed by atoms with Crippen molar-refractivity contribution in [2.24, 2.45) is 5.41 Å². The highest BCUT2D eigenvalue weighted by Crippen LogP contribution is 2.37. The van der Waals surface area contributed by atoms with E-state index in [1.54, 1.807) is 0 Å². The topological polar surface area (TPSA) is 70.0 Å². The minimum Gasteiger partial charge on any atom is -0.212 e. The molecule has 24 heavy (non-hydrogen) atoms. The van der Waals surface area contributed by atoms with Crippen LogP contribution in [0.3, 0.4) is 0 Å². The first-order valence-corrected chi connectivity index (χ1v) is 9.36. The van der Waals surface area contributed by atoms with Gasteiger partial charge in [-0.25, -0.2) is 17.5 Å². The van der Waals surface area contributed by atoms with E-state index in [0.29, 0.717) is 12.8 Å². The molecule has 1 aromatic carbocycles. The second-order valence-electron chi connectivity index (χ2n) is 6.24. The number of sulfonamides is 1. The van der Waals surface area contributed by atoms with Gasteiger partial charge in [0.05, 0.1) is 23.8 Å². The van der Waals surface area contributed by atoms with Crippen LogP contribution >= 0.6 is 0 Å². The van der Waals surface area contributed by atoms with Crippen LogP contribution in [-0.4, -0.2) is 20.7 Å². The summed E-state index contributed by atoms with van der Waals surface area (Å²) in [4.78, 5) is 0. The van der Waals surface area contributed by atoms with Crippen molar-refractivity contribution >= 4 is 10.0 Å². The van der Waals surface area contributed by atoms with Crippen molar-refractivity contribution in [1.82, 2.24) is 4.72 Å². The molecule has 0 amide bonds. The van der Waals surface area contributed by atoms with Gasteiger partial charge in [0.1, 0.15) is 5.82 Å². The molecule has 0 spiro atoms. The second kappa shape index (κ2) is 7.11. The van der Waals surface area contributed by atoms with Crippen molar-refractivity contribution in [2.75, 3.05) is 12.3 Å². The summed E-state index contributed by atoms with van der Waals surface area (Å²) in [5.74, 6) is -4.59. The third-order valence-corrected chi connectivity index (χ3v) is 5.81. The maximum absolute atomic E-state index is 14.1. The highest BCUT2D eigenvalue weighted by atomic mass is 32.2. The van der Waals surface area contributed by atoms with Gasteiger partial charge < -0.3 is 0 Å². The standard InChI is InChI=1S/C16H19F3N2O2S/c17-14-6-4-13(5-7-14)16(18,19)11-21-24(22,23)12-15(10-20)8-2-1-3-9-15/h4-7,21H,1-3,8-9,11-12H2. The van der Waals surface area contributed by atoms with E-state index in [1.807, 2.05) is 4.72 Å². The predicted molar refractivity (Wildman–Crippen MR) is 83.2 cm³/mol. The molecule has 2 rings (SSSR count). The van der Waals surface area contributed by atoms with Crippen LogP contribution in [-0.2, 0) is 15.9 Å². The molecular formula is C16H19F3N2O2S. The Bertz CT molecular complexity index is 706. The van der Waals surface area contributed by atoms with Gasteiger partial charge in [0.2, 0.25) is 10.0 Å². The number of nitrogens with zero attached hydrogens (tertiary/aromatic N) is 1. The lowest BCUT2D eigenvalue weighted by Gasteiger charge is -2.30. The molecule has 0 aromatic heterocycles. The number of nitrogens with one attached hydrogen (secondary N) is 1. The van der Waals surface area contributed by atoms with E-state index in [4.69, 9.17) is 0 Å². The largest absolute Gasteiger partial charge is 0.286 e. The van der Waals surface area contributed by atoms with Gasteiger partial charge in [-0.3, -0.25) is 0 Å². The van der Waals surface area contributed by atoms with Crippen molar-refractivity contribution in [2.45, 2.75) is 38.0 Å². The van der Waals surface area contributed by atoms with Crippen LogP contribution < -0.4 is 4.72 Å². The molecule has 8 heteroatoms. The Hall–Kier alpha value is -1.59. The van der Waals surface area contributed by atoms with Gasteiger partial charge in [-0.05, 0) is 25.0 Å². The van der Waals surface area contributed by atoms with Gasteiger partial charge in [0.25, 0.3) is 5.92 Å². The van der Waals surface area contributed by atoms with Gasteiger partial charge in [-0.2, -0.15) is 14.0 Å². The molecule has 0 aliphatic heterocycles. The number of nitriles is 1. The van der Waals surface area contributed by atoms with Crippen molar-refractivity contribution < 1.29 is 21.6 Å². The summed E-state index contributed by atoms with van der Waals surface area (Å²) < 4.78 is 67.1. The summed E-state index contributed by atoms with van der Waals surface area (Å²) in [7, 11) is -4.03. The van der Waals surface area contributed by atoms with Crippen molar-refractivity contribution in [1.29, 1.82) is 5.26 Å². The Balaban J connectivity index is 2.03. The molecule has 1 aliphatic carbocycles. The third-order valence-electron chi connectivity index (χ3n) is 4.29. The first kappa shape index (κ1) is 18.7. The predicted octanol–water partition coefficient (Wildman–Crippen LogP) is 3.31. The van der Waals surface area contributed by atoms with E-state index in [9.17, 15) is 26.9 Å². The van der Waals surface area contributed by atoms with E-state index >= 15 is 0 Å². The van der Waals surface area contributed by atoms with Gasteiger partial charge in [0.15, 0.2) is 0 Å². The quantitative estimate of drug-likeness (QED) is 0.846. The molecule has 0 saturated heterocycles. The van der Waals surface area contributed by atoms with Crippen LogP contribution in [0.2, 0.25) is 0 Å². The van der Waals surface area contributed by atoms with E-state index in [1.165, 1.54) is 0 Å². The average Bonchev–Trinajstić information content (AvgIpc) is 2.54. The lowest BCUT2D eigenvalue weighted by Crippen LogP contribution is -2.41. The Morgan fingerprint density at radius 1 is 1.17 bits per heavy atom. The molecule has 0 heterocycles. The van der Waals surface area contributed by atoms with Crippen LogP contribution in [0.5, 0.6) is 0 Å². The van der Waals surface area contributed by atoms with Crippen molar-refractivity contribution in [3.05, 3.63) is 35.6 Å². The maximum atomic E-state index is 14.1. The number of hydrogen-bond donors (Lipinski definition) is 1. The molecule has 1 saturated carbocycles. The molecule has 0 radical (unpaired) electrons. The zero-order valence-corrected chi connectivity index (χ0v) is 13.9. The van der Waals surface area contributed by atoms with Gasteiger partial charge in [0, 0.05) is 5.56 Å². The summed E-state index contributed by atoms with van der Waals surface area (Å²) in [6, 6.07) is 5.68. The molecule has 132 valence electrons. The van der Waals surface area contributed by atoms with Gasteiger partial charge in [-0.1, -0.05) is 31.4 Å². The number of rotatable bonds is 6. The molecule has 0 atom stereocenters. The fourth-order valence-electron chi connectivity index (χ4n) is 2.93. The van der Waals surface area contributed by atoms with Gasteiger partial charge in [-0.15, -0.1) is 0 Å². The summed E-state index contributed by atoms with van der Waals surface area (Å²) in [5.41, 5.74) is -1.48. The van der Waals surface area contributed by atoms with Gasteiger partial charge >= 0.3 is 0 Å². The van der Waals surface area contributed by atoms with Crippen LogP contribution in [0, 0.1) is 22.6 Å². The maximum Gasteiger partial charge on any atom is 0.286 e. The Morgan fingerprint density at radius 2 is 1.75 bits per heavy atom. The summed E-state index contributed by atoms with van der Waals surface area (Å²) in [5, 5.41) is 9.31. The summed E-state index contributed by atoms with van der Waals surface area (Å²) in [6.45, 7) is -1.12. The molecule has 1 N–H and O–H groups in total. The lowest BCUT2D eigenvalue weighted by molar-refractivity contribution is 0.00198. The number of halogens is 3. The number of benzene rings is 1. The minimum absolute atomic E-state index is 0.457. The van der Waals surface area contributed by atoms with E-state index in [0.717, 1.165) is 43.5 Å². The molecule has 1 aromatic rings. The Morgan fingerprint density at radius 3 is 2.29 bits per heavy atom. The molecule has 1 aliphatic rings. The zero-order chi connectivity index (χ0) is 17.8. The van der Waals surface area contributed by atoms with Crippen LogP contribution in [0.1, 0.15) is 37.7 Å². The Labute approximate surface area is 139 Å². The third kappa shape index (κ3) is 4.71. The first-order valence-electron chi connectivity index (χ1n) is 7.71. The molecule has 0 unspecified atom stereocenters. The first-order chi connectivity index (χ1) is 11.2. The smallest absolute Gasteiger partial charge is 0.212 e. The molecule has 4 nitrogen and oxygen atoms in total. The van der Waals surface area contributed by atoms with Crippen LogP contribution in [0.25, 0.3) is 0 Å². The fraction of sp³-hybridized carbons (Fsp3) is 0.562. The number of alkyl halides is 2. The van der Waals surface area contributed by atoms with Crippen molar-refractivity contribution in [3.8, 4) is 6.07 Å². The zero-order valence-electron chi connectivity index (χ0n) is 13.1. The summed E-state index contributed by atoms with van der Waals surface area (Å²) in [6.07, 6.45) is 3.38.